The zero-order valence-electron chi connectivity index (χ0n) is 11.6. The minimum Gasteiger partial charge on any atom is -0.305 e. The average Bonchev–Trinajstić information content (AvgIpc) is 2.78. The lowest BCUT2D eigenvalue weighted by Gasteiger charge is -2.33. The molecule has 4 nitrogen and oxygen atoms in total. The summed E-state index contributed by atoms with van der Waals surface area (Å²) in [5.41, 5.74) is 0.530. The molecule has 1 aromatic heterocycles. The second-order valence-corrected chi connectivity index (χ2v) is 5.70. The number of aromatic nitrogens is 2. The van der Waals surface area contributed by atoms with E-state index in [9.17, 15) is 4.79 Å². The zero-order valence-corrected chi connectivity index (χ0v) is 11.6. The molecule has 0 aliphatic carbocycles. The first-order chi connectivity index (χ1) is 8.51. The van der Waals surface area contributed by atoms with Crippen molar-refractivity contribution in [3.05, 3.63) is 18.0 Å². The van der Waals surface area contributed by atoms with E-state index in [1.165, 1.54) is 6.42 Å². The molecule has 0 amide bonds. The summed E-state index contributed by atoms with van der Waals surface area (Å²) in [5, 5.41) is 7.80. The Balaban J connectivity index is 2.01. The molecule has 0 saturated carbocycles. The molecule has 1 unspecified atom stereocenters. The molecule has 1 fully saturated rings. The fourth-order valence-electron chi connectivity index (χ4n) is 2.41. The molecular weight excluding hydrogens is 226 g/mol. The summed E-state index contributed by atoms with van der Waals surface area (Å²) in [6.45, 7) is 7.14. The minimum atomic E-state index is -0.347. The quantitative estimate of drug-likeness (QED) is 0.889. The summed E-state index contributed by atoms with van der Waals surface area (Å²) in [4.78, 5) is 12.4. The Morgan fingerprint density at radius 3 is 2.89 bits per heavy atom. The highest BCUT2D eigenvalue weighted by molar-refractivity contribution is 5.89. The van der Waals surface area contributed by atoms with Gasteiger partial charge < -0.3 is 5.32 Å². The maximum Gasteiger partial charge on any atom is 0.158 e. The number of hydrogen-bond acceptors (Lipinski definition) is 3. The third kappa shape index (κ3) is 2.80. The van der Waals surface area contributed by atoms with E-state index >= 15 is 0 Å². The molecule has 2 rings (SSSR count). The first-order valence-corrected chi connectivity index (χ1v) is 6.84. The number of hydrogen-bond donors (Lipinski definition) is 1. The number of Topliss-reactive ketones (excluding diaryl/α,β-unsaturated/α-hetero) is 1. The van der Waals surface area contributed by atoms with E-state index in [2.05, 4.69) is 24.3 Å². The first kappa shape index (κ1) is 13.3. The van der Waals surface area contributed by atoms with Gasteiger partial charge in [-0.25, -0.2) is 0 Å². The molecule has 1 N–H and O–H groups in total. The van der Waals surface area contributed by atoms with E-state index in [-0.39, 0.29) is 11.3 Å². The van der Waals surface area contributed by atoms with Gasteiger partial charge in [-0.1, -0.05) is 0 Å². The van der Waals surface area contributed by atoms with Crippen molar-refractivity contribution in [1.82, 2.24) is 15.1 Å². The number of rotatable bonds is 4. The average molecular weight is 249 g/mol. The predicted molar refractivity (Wildman–Crippen MR) is 71.6 cm³/mol. The van der Waals surface area contributed by atoms with Crippen LogP contribution in [0.5, 0.6) is 0 Å². The summed E-state index contributed by atoms with van der Waals surface area (Å²) in [6, 6.07) is 2.29. The lowest BCUT2D eigenvalue weighted by molar-refractivity contribution is -0.125. The SMILES string of the molecule is CC(C)n1ccc(CC(=O)C2(C)CCCCN2)n1. The van der Waals surface area contributed by atoms with Gasteiger partial charge in [0.1, 0.15) is 0 Å². The van der Waals surface area contributed by atoms with Crippen molar-refractivity contribution >= 4 is 5.78 Å². The molecule has 18 heavy (non-hydrogen) atoms. The molecular formula is C14H23N3O. The van der Waals surface area contributed by atoms with Crippen LogP contribution >= 0.6 is 0 Å². The van der Waals surface area contributed by atoms with Gasteiger partial charge in [0.05, 0.1) is 17.7 Å². The normalized spacial score (nSPS) is 24.4. The predicted octanol–water partition coefficient (Wildman–Crippen LogP) is 2.11. The highest BCUT2D eigenvalue weighted by Crippen LogP contribution is 2.21. The van der Waals surface area contributed by atoms with E-state index in [1.807, 2.05) is 23.9 Å². The highest BCUT2D eigenvalue weighted by Gasteiger charge is 2.33. The third-order valence-electron chi connectivity index (χ3n) is 3.77. The van der Waals surface area contributed by atoms with Crippen LogP contribution < -0.4 is 5.32 Å². The smallest absolute Gasteiger partial charge is 0.158 e. The first-order valence-electron chi connectivity index (χ1n) is 6.84. The number of carbonyl (C=O) groups is 1. The van der Waals surface area contributed by atoms with Crippen molar-refractivity contribution in [2.45, 2.75) is 58.0 Å². The van der Waals surface area contributed by atoms with Crippen LogP contribution in [0.25, 0.3) is 0 Å². The van der Waals surface area contributed by atoms with E-state index in [0.29, 0.717) is 12.5 Å². The van der Waals surface area contributed by atoms with Gasteiger partial charge in [0.15, 0.2) is 5.78 Å². The Morgan fingerprint density at radius 2 is 2.33 bits per heavy atom. The molecule has 1 atom stereocenters. The van der Waals surface area contributed by atoms with Gasteiger partial charge >= 0.3 is 0 Å². The van der Waals surface area contributed by atoms with Gasteiger partial charge in [0, 0.05) is 12.2 Å². The van der Waals surface area contributed by atoms with Crippen molar-refractivity contribution in [3.63, 3.8) is 0 Å². The number of nitrogens with zero attached hydrogens (tertiary/aromatic N) is 2. The van der Waals surface area contributed by atoms with Crippen LogP contribution in [0.15, 0.2) is 12.3 Å². The number of ketones is 1. The van der Waals surface area contributed by atoms with Crippen molar-refractivity contribution in [1.29, 1.82) is 0 Å². The Labute approximate surface area is 109 Å². The maximum atomic E-state index is 12.4. The minimum absolute atomic E-state index is 0.260. The number of piperidine rings is 1. The van der Waals surface area contributed by atoms with Crippen molar-refractivity contribution < 1.29 is 4.79 Å². The highest BCUT2D eigenvalue weighted by atomic mass is 16.1. The van der Waals surface area contributed by atoms with Gasteiger partial charge in [-0.3, -0.25) is 9.48 Å². The van der Waals surface area contributed by atoms with Crippen LogP contribution in [-0.2, 0) is 11.2 Å². The van der Waals surface area contributed by atoms with E-state index in [0.717, 1.165) is 25.1 Å². The zero-order chi connectivity index (χ0) is 13.2. The molecule has 0 radical (unpaired) electrons. The second-order valence-electron chi connectivity index (χ2n) is 5.70. The van der Waals surface area contributed by atoms with Crippen LogP contribution in [0, 0.1) is 0 Å². The molecule has 4 heteroatoms. The Hall–Kier alpha value is -1.16. The van der Waals surface area contributed by atoms with Crippen molar-refractivity contribution in [2.75, 3.05) is 6.54 Å². The Kier molecular flexibility index (Phi) is 3.85. The fraction of sp³-hybridized carbons (Fsp3) is 0.714. The molecule has 0 spiro atoms. The summed E-state index contributed by atoms with van der Waals surface area (Å²) in [6.07, 6.45) is 5.63. The monoisotopic (exact) mass is 249 g/mol. The maximum absolute atomic E-state index is 12.4. The van der Waals surface area contributed by atoms with Crippen LogP contribution in [-0.4, -0.2) is 27.6 Å². The lowest BCUT2D eigenvalue weighted by Crippen LogP contribution is -2.52. The molecule has 1 saturated heterocycles. The van der Waals surface area contributed by atoms with Gasteiger partial charge in [0.2, 0.25) is 0 Å². The third-order valence-corrected chi connectivity index (χ3v) is 3.77. The molecule has 2 heterocycles. The summed E-state index contributed by atoms with van der Waals surface area (Å²) in [5.74, 6) is 0.260. The Bertz CT molecular complexity index is 416. The van der Waals surface area contributed by atoms with Crippen molar-refractivity contribution in [2.24, 2.45) is 0 Å². The molecule has 1 aliphatic rings. The van der Waals surface area contributed by atoms with Gasteiger partial charge in [0.25, 0.3) is 0 Å². The molecule has 1 aromatic rings. The molecule has 100 valence electrons. The second kappa shape index (κ2) is 5.22. The molecule has 0 bridgehead atoms. The molecule has 0 aromatic carbocycles. The number of nitrogens with one attached hydrogen (secondary N) is 1. The van der Waals surface area contributed by atoms with Gasteiger partial charge in [-0.2, -0.15) is 5.10 Å². The standard InChI is InChI=1S/C14H23N3O/c1-11(2)17-9-6-12(16-17)10-13(18)14(3)7-4-5-8-15-14/h6,9,11,15H,4-5,7-8,10H2,1-3H3. The molecule has 1 aliphatic heterocycles. The van der Waals surface area contributed by atoms with E-state index in [4.69, 9.17) is 0 Å². The topological polar surface area (TPSA) is 46.9 Å². The lowest BCUT2D eigenvalue weighted by atomic mass is 9.85. The van der Waals surface area contributed by atoms with Crippen LogP contribution in [0.1, 0.15) is 51.8 Å². The fourth-order valence-corrected chi connectivity index (χ4v) is 2.41. The van der Waals surface area contributed by atoms with Gasteiger partial charge in [-0.15, -0.1) is 0 Å². The van der Waals surface area contributed by atoms with Crippen LogP contribution in [0.4, 0.5) is 0 Å². The largest absolute Gasteiger partial charge is 0.305 e. The summed E-state index contributed by atoms with van der Waals surface area (Å²) in [7, 11) is 0. The summed E-state index contributed by atoms with van der Waals surface area (Å²) >= 11 is 0. The van der Waals surface area contributed by atoms with E-state index in [1.54, 1.807) is 0 Å². The van der Waals surface area contributed by atoms with Crippen LogP contribution in [0.3, 0.4) is 0 Å². The van der Waals surface area contributed by atoms with Crippen molar-refractivity contribution in [3.8, 4) is 0 Å². The number of carbonyl (C=O) groups excluding carboxylic acids is 1. The Morgan fingerprint density at radius 1 is 1.56 bits per heavy atom. The summed E-state index contributed by atoms with van der Waals surface area (Å²) < 4.78 is 1.90. The van der Waals surface area contributed by atoms with Gasteiger partial charge in [-0.05, 0) is 52.6 Å². The van der Waals surface area contributed by atoms with E-state index < -0.39 is 0 Å². The van der Waals surface area contributed by atoms with Crippen LogP contribution in [0.2, 0.25) is 0 Å².